The minimum absolute atomic E-state index is 0.00647. The Balaban J connectivity index is 1.94. The fraction of sp³-hybridized carbons (Fsp3) is 0.222. The average molecular weight is 384 g/mol. The summed E-state index contributed by atoms with van der Waals surface area (Å²) in [5.74, 6) is -1.13. The number of rotatable bonds is 6. The molecule has 2 amide bonds. The van der Waals surface area contributed by atoms with E-state index in [1.165, 1.54) is 19.1 Å². The van der Waals surface area contributed by atoms with Crippen LogP contribution in [-0.4, -0.2) is 27.7 Å². The Morgan fingerprint density at radius 1 is 1.00 bits per heavy atom. The number of para-hydroxylation sites is 1. The van der Waals surface area contributed by atoms with Crippen LogP contribution >= 0.6 is 0 Å². The van der Waals surface area contributed by atoms with Crippen LogP contribution < -0.4 is 10.6 Å². The topological polar surface area (TPSA) is 144 Å². The summed E-state index contributed by atoms with van der Waals surface area (Å²) in [7, 11) is 0. The molecule has 3 rings (SSSR count). The Morgan fingerprint density at radius 3 is 2.29 bits per heavy atom. The van der Waals surface area contributed by atoms with Gasteiger partial charge in [-0.1, -0.05) is 12.1 Å². The van der Waals surface area contributed by atoms with Crippen molar-refractivity contribution in [2.24, 2.45) is 0 Å². The van der Waals surface area contributed by atoms with E-state index in [1.807, 2.05) is 0 Å². The third kappa shape index (κ3) is 3.95. The summed E-state index contributed by atoms with van der Waals surface area (Å²) in [6, 6.07) is 8.22. The molecule has 0 spiro atoms. The first-order valence-electron chi connectivity index (χ1n) is 8.42. The first kappa shape index (κ1) is 19.0. The Morgan fingerprint density at radius 2 is 1.68 bits per heavy atom. The molecular formula is C18H16N4O6. The van der Waals surface area contributed by atoms with Crippen LogP contribution in [0, 0.1) is 27.2 Å². The fourth-order valence-electron chi connectivity index (χ4n) is 2.69. The second kappa shape index (κ2) is 7.43. The van der Waals surface area contributed by atoms with Crippen molar-refractivity contribution in [2.75, 3.05) is 5.32 Å². The molecule has 0 radical (unpaired) electrons. The van der Waals surface area contributed by atoms with Crippen molar-refractivity contribution in [1.82, 2.24) is 5.32 Å². The summed E-state index contributed by atoms with van der Waals surface area (Å²) < 4.78 is 0. The minimum atomic E-state index is -0.805. The quantitative estimate of drug-likeness (QED) is 0.578. The number of nitro groups is 2. The lowest BCUT2D eigenvalue weighted by molar-refractivity contribution is -0.394. The van der Waals surface area contributed by atoms with Gasteiger partial charge in [0.25, 0.3) is 23.2 Å². The summed E-state index contributed by atoms with van der Waals surface area (Å²) in [6.07, 6.45) is 1.80. The molecule has 1 aliphatic rings. The summed E-state index contributed by atoms with van der Waals surface area (Å²) >= 11 is 0. The van der Waals surface area contributed by atoms with Crippen LogP contribution in [0.25, 0.3) is 0 Å². The van der Waals surface area contributed by atoms with Gasteiger partial charge < -0.3 is 10.6 Å². The smallest absolute Gasteiger partial charge is 0.279 e. The molecule has 2 N–H and O–H groups in total. The van der Waals surface area contributed by atoms with Crippen molar-refractivity contribution in [3.8, 4) is 0 Å². The standard InChI is InChI=1S/C18H16N4O6/c1-10-14(8-12(21(25)26)9-16(10)22(27)28)18(24)20-15-5-3-2-4-13(15)17(23)19-11-6-7-11/h2-5,8-9,11H,6-7H2,1H3,(H,19,23)(H,20,24). The summed E-state index contributed by atoms with van der Waals surface area (Å²) in [4.78, 5) is 45.7. The number of nitrogens with zero attached hydrogens (tertiary/aromatic N) is 2. The molecule has 10 nitrogen and oxygen atoms in total. The Labute approximate surface area is 158 Å². The number of amides is 2. The van der Waals surface area contributed by atoms with Crippen LogP contribution in [0.3, 0.4) is 0 Å². The molecule has 0 atom stereocenters. The van der Waals surface area contributed by atoms with Gasteiger partial charge >= 0.3 is 0 Å². The first-order valence-corrected chi connectivity index (χ1v) is 8.42. The fourth-order valence-corrected chi connectivity index (χ4v) is 2.69. The third-order valence-corrected chi connectivity index (χ3v) is 4.35. The van der Waals surface area contributed by atoms with E-state index in [1.54, 1.807) is 12.1 Å². The van der Waals surface area contributed by atoms with E-state index in [2.05, 4.69) is 10.6 Å². The van der Waals surface area contributed by atoms with Gasteiger partial charge in [0, 0.05) is 17.7 Å². The van der Waals surface area contributed by atoms with Crippen molar-refractivity contribution < 1.29 is 19.4 Å². The highest BCUT2D eigenvalue weighted by Crippen LogP contribution is 2.29. The zero-order valence-corrected chi connectivity index (χ0v) is 14.8. The molecule has 1 aliphatic carbocycles. The number of hydrogen-bond donors (Lipinski definition) is 2. The molecule has 10 heteroatoms. The molecule has 0 saturated heterocycles. The molecule has 144 valence electrons. The number of hydrogen-bond acceptors (Lipinski definition) is 6. The highest BCUT2D eigenvalue weighted by Gasteiger charge is 2.27. The minimum Gasteiger partial charge on any atom is -0.349 e. The highest BCUT2D eigenvalue weighted by molar-refractivity contribution is 6.10. The van der Waals surface area contributed by atoms with E-state index in [0.717, 1.165) is 25.0 Å². The maximum atomic E-state index is 12.7. The van der Waals surface area contributed by atoms with Crippen LogP contribution in [0.4, 0.5) is 17.1 Å². The molecule has 28 heavy (non-hydrogen) atoms. The molecule has 1 saturated carbocycles. The summed E-state index contributed by atoms with van der Waals surface area (Å²) in [6.45, 7) is 1.34. The van der Waals surface area contributed by atoms with Crippen LogP contribution in [0.5, 0.6) is 0 Å². The lowest BCUT2D eigenvalue weighted by atomic mass is 10.0. The number of anilines is 1. The zero-order valence-electron chi connectivity index (χ0n) is 14.8. The van der Waals surface area contributed by atoms with Crippen molar-refractivity contribution in [1.29, 1.82) is 0 Å². The van der Waals surface area contributed by atoms with E-state index < -0.39 is 27.1 Å². The van der Waals surface area contributed by atoms with Gasteiger partial charge in [-0.2, -0.15) is 0 Å². The number of carbonyl (C=O) groups excluding carboxylic acids is 2. The van der Waals surface area contributed by atoms with Crippen LogP contribution in [-0.2, 0) is 0 Å². The predicted molar refractivity (Wildman–Crippen MR) is 99.4 cm³/mol. The maximum Gasteiger partial charge on any atom is 0.279 e. The Kier molecular flexibility index (Phi) is 5.03. The maximum absolute atomic E-state index is 12.7. The summed E-state index contributed by atoms with van der Waals surface area (Å²) in [5.41, 5.74) is -0.868. The first-order chi connectivity index (χ1) is 13.3. The van der Waals surface area contributed by atoms with Gasteiger partial charge in [0.2, 0.25) is 0 Å². The SMILES string of the molecule is Cc1c(C(=O)Nc2ccccc2C(=O)NC2CC2)cc([N+](=O)[O-])cc1[N+](=O)[O-]. The van der Waals surface area contributed by atoms with E-state index >= 15 is 0 Å². The van der Waals surface area contributed by atoms with E-state index in [9.17, 15) is 29.8 Å². The highest BCUT2D eigenvalue weighted by atomic mass is 16.6. The van der Waals surface area contributed by atoms with Crippen LogP contribution in [0.2, 0.25) is 0 Å². The molecule has 2 aromatic carbocycles. The normalized spacial score (nSPS) is 12.9. The number of nitro benzene ring substituents is 2. The lowest BCUT2D eigenvalue weighted by Gasteiger charge is -2.12. The van der Waals surface area contributed by atoms with E-state index in [4.69, 9.17) is 0 Å². The van der Waals surface area contributed by atoms with Crippen molar-refractivity contribution in [2.45, 2.75) is 25.8 Å². The van der Waals surface area contributed by atoms with Crippen LogP contribution in [0.1, 0.15) is 39.1 Å². The number of non-ortho nitro benzene ring substituents is 1. The molecule has 0 aliphatic heterocycles. The van der Waals surface area contributed by atoms with Gasteiger partial charge in [0.1, 0.15) is 0 Å². The van der Waals surface area contributed by atoms with Gasteiger partial charge in [-0.15, -0.1) is 0 Å². The molecule has 0 heterocycles. The predicted octanol–water partition coefficient (Wildman–Crippen LogP) is 2.96. The molecule has 0 bridgehead atoms. The van der Waals surface area contributed by atoms with Gasteiger partial charge in [-0.3, -0.25) is 29.8 Å². The zero-order chi connectivity index (χ0) is 20.4. The van der Waals surface area contributed by atoms with Crippen molar-refractivity contribution >= 4 is 28.9 Å². The molecule has 1 fully saturated rings. The monoisotopic (exact) mass is 384 g/mol. The van der Waals surface area contributed by atoms with Crippen molar-refractivity contribution in [3.05, 3.63) is 73.3 Å². The van der Waals surface area contributed by atoms with Gasteiger partial charge in [-0.25, -0.2) is 0 Å². The lowest BCUT2D eigenvalue weighted by Crippen LogP contribution is -2.27. The second-order valence-electron chi connectivity index (χ2n) is 6.40. The second-order valence-corrected chi connectivity index (χ2v) is 6.40. The van der Waals surface area contributed by atoms with Crippen LogP contribution in [0.15, 0.2) is 36.4 Å². The van der Waals surface area contributed by atoms with Crippen molar-refractivity contribution in [3.63, 3.8) is 0 Å². The molecule has 0 aromatic heterocycles. The Bertz CT molecular complexity index is 1000. The van der Waals surface area contributed by atoms with Gasteiger partial charge in [0.05, 0.1) is 32.7 Å². The van der Waals surface area contributed by atoms with Gasteiger partial charge in [-0.05, 0) is 31.9 Å². The third-order valence-electron chi connectivity index (χ3n) is 4.35. The largest absolute Gasteiger partial charge is 0.349 e. The van der Waals surface area contributed by atoms with Gasteiger partial charge in [0.15, 0.2) is 0 Å². The molecule has 2 aromatic rings. The average Bonchev–Trinajstić information content (AvgIpc) is 3.45. The van der Waals surface area contributed by atoms with E-state index in [-0.39, 0.29) is 34.3 Å². The summed E-state index contributed by atoms with van der Waals surface area (Å²) in [5, 5.41) is 27.6. The molecule has 0 unspecified atom stereocenters. The Hall–Kier alpha value is -3.82. The number of benzene rings is 2. The molecular weight excluding hydrogens is 368 g/mol. The number of carbonyl (C=O) groups is 2. The number of nitrogens with one attached hydrogen (secondary N) is 2. The van der Waals surface area contributed by atoms with E-state index in [0.29, 0.717) is 0 Å².